The highest BCUT2D eigenvalue weighted by atomic mass is 35.5. The first kappa shape index (κ1) is 16.3. The molecule has 0 aromatic heterocycles. The summed E-state index contributed by atoms with van der Waals surface area (Å²) >= 11 is 5.82. The van der Waals surface area contributed by atoms with Crippen LogP contribution in [-0.4, -0.2) is 26.9 Å². The molecule has 0 saturated carbocycles. The van der Waals surface area contributed by atoms with Gasteiger partial charge in [-0.25, -0.2) is 18.1 Å². The van der Waals surface area contributed by atoms with E-state index in [-0.39, 0.29) is 22.8 Å². The highest BCUT2D eigenvalue weighted by molar-refractivity contribution is 7.92. The maximum Gasteiger partial charge on any atom is 0.329 e. The fourth-order valence-electron chi connectivity index (χ4n) is 2.24. The van der Waals surface area contributed by atoms with E-state index in [1.165, 1.54) is 30.3 Å². The van der Waals surface area contributed by atoms with Crippen LogP contribution in [0, 0.1) is 0 Å². The molecule has 24 heavy (non-hydrogen) atoms. The molecule has 2 aromatic rings. The van der Waals surface area contributed by atoms with Gasteiger partial charge >= 0.3 is 6.03 Å². The minimum absolute atomic E-state index is 0.00963. The SMILES string of the molecule is O=C1CNC(=O)N1c1cccc(NS(=O)(=O)c2cccc(Cl)c2)c1. The average Bonchev–Trinajstić information content (AvgIpc) is 2.86. The van der Waals surface area contributed by atoms with Gasteiger partial charge in [0.1, 0.15) is 0 Å². The minimum atomic E-state index is -3.84. The molecule has 2 N–H and O–H groups in total. The number of hydrogen-bond acceptors (Lipinski definition) is 4. The zero-order valence-corrected chi connectivity index (χ0v) is 13.8. The van der Waals surface area contributed by atoms with Crippen LogP contribution < -0.4 is 14.9 Å². The van der Waals surface area contributed by atoms with E-state index in [4.69, 9.17) is 11.6 Å². The summed E-state index contributed by atoms with van der Waals surface area (Å²) in [4.78, 5) is 24.4. The van der Waals surface area contributed by atoms with Gasteiger partial charge in [0.15, 0.2) is 0 Å². The lowest BCUT2D eigenvalue weighted by Crippen LogP contribution is -2.30. The number of urea groups is 1. The number of hydrogen-bond donors (Lipinski definition) is 2. The van der Waals surface area contributed by atoms with Gasteiger partial charge < -0.3 is 5.32 Å². The first-order valence-corrected chi connectivity index (χ1v) is 8.72. The molecule has 0 aliphatic carbocycles. The lowest BCUT2D eigenvalue weighted by Gasteiger charge is -2.14. The van der Waals surface area contributed by atoms with Crippen LogP contribution in [0.2, 0.25) is 5.02 Å². The van der Waals surface area contributed by atoms with Crippen LogP contribution in [0.25, 0.3) is 0 Å². The number of amides is 3. The lowest BCUT2D eigenvalue weighted by atomic mass is 10.2. The van der Waals surface area contributed by atoms with Crippen LogP contribution in [0.4, 0.5) is 16.2 Å². The molecule has 7 nitrogen and oxygen atoms in total. The molecule has 1 saturated heterocycles. The van der Waals surface area contributed by atoms with Crippen LogP contribution in [0.15, 0.2) is 53.4 Å². The summed E-state index contributed by atoms with van der Waals surface area (Å²) in [6.45, 7) is -0.0860. The largest absolute Gasteiger partial charge is 0.329 e. The fourth-order valence-corrected chi connectivity index (χ4v) is 3.59. The van der Waals surface area contributed by atoms with Crippen molar-refractivity contribution in [2.45, 2.75) is 4.90 Å². The monoisotopic (exact) mass is 365 g/mol. The molecule has 0 atom stereocenters. The number of benzene rings is 2. The van der Waals surface area contributed by atoms with E-state index in [1.54, 1.807) is 18.2 Å². The molecule has 3 rings (SSSR count). The summed E-state index contributed by atoms with van der Waals surface area (Å²) in [6.07, 6.45) is 0. The Morgan fingerprint density at radius 2 is 1.83 bits per heavy atom. The normalized spacial score (nSPS) is 14.6. The van der Waals surface area contributed by atoms with E-state index in [2.05, 4.69) is 10.0 Å². The predicted octanol–water partition coefficient (Wildman–Crippen LogP) is 2.20. The van der Waals surface area contributed by atoms with Gasteiger partial charge in [-0.05, 0) is 36.4 Å². The number of nitrogens with zero attached hydrogens (tertiary/aromatic N) is 1. The summed E-state index contributed by atoms with van der Waals surface area (Å²) in [5, 5.41) is 2.70. The number of carbonyl (C=O) groups excluding carboxylic acids is 2. The summed E-state index contributed by atoms with van der Waals surface area (Å²) in [7, 11) is -3.84. The van der Waals surface area contributed by atoms with Crippen LogP contribution in [0.3, 0.4) is 0 Å². The maximum absolute atomic E-state index is 12.4. The second kappa shape index (κ2) is 6.14. The lowest BCUT2D eigenvalue weighted by molar-refractivity contribution is -0.115. The fraction of sp³-hybridized carbons (Fsp3) is 0.0667. The Hall–Kier alpha value is -2.58. The molecule has 0 radical (unpaired) electrons. The standard InChI is InChI=1S/C15H12ClN3O4S/c16-10-3-1-6-13(7-10)24(22,23)18-11-4-2-5-12(8-11)19-14(20)9-17-15(19)21/h1-8,18H,9H2,(H,17,21). The molecule has 1 fully saturated rings. The van der Waals surface area contributed by atoms with Crippen LogP contribution in [0.1, 0.15) is 0 Å². The molecule has 1 heterocycles. The second-order valence-electron chi connectivity index (χ2n) is 5.00. The van der Waals surface area contributed by atoms with E-state index >= 15 is 0 Å². The minimum Gasteiger partial charge on any atom is -0.328 e. The first-order chi connectivity index (χ1) is 11.4. The molecule has 1 aliphatic rings. The summed E-state index contributed by atoms with van der Waals surface area (Å²) < 4.78 is 27.2. The zero-order chi connectivity index (χ0) is 17.3. The van der Waals surface area contributed by atoms with Crippen molar-refractivity contribution < 1.29 is 18.0 Å². The predicted molar refractivity (Wildman–Crippen MR) is 89.6 cm³/mol. The van der Waals surface area contributed by atoms with E-state index < -0.39 is 22.0 Å². The maximum atomic E-state index is 12.4. The number of halogens is 1. The molecule has 124 valence electrons. The van der Waals surface area contributed by atoms with E-state index in [0.717, 1.165) is 4.90 Å². The third-order valence-electron chi connectivity index (χ3n) is 3.31. The Kier molecular flexibility index (Phi) is 4.16. The Morgan fingerprint density at radius 3 is 2.50 bits per heavy atom. The summed E-state index contributed by atoms with van der Waals surface area (Å²) in [6, 6.07) is 11.3. The van der Waals surface area contributed by atoms with Gasteiger partial charge in [0.2, 0.25) is 0 Å². The topological polar surface area (TPSA) is 95.6 Å². The smallest absolute Gasteiger partial charge is 0.328 e. The first-order valence-electron chi connectivity index (χ1n) is 6.86. The number of nitrogens with one attached hydrogen (secondary N) is 2. The van der Waals surface area contributed by atoms with Crippen LogP contribution in [-0.2, 0) is 14.8 Å². The Labute approximate surface area is 143 Å². The summed E-state index contributed by atoms with van der Waals surface area (Å²) in [5.41, 5.74) is 0.501. The van der Waals surface area contributed by atoms with Gasteiger partial charge in [-0.1, -0.05) is 23.7 Å². The third-order valence-corrected chi connectivity index (χ3v) is 4.92. The van der Waals surface area contributed by atoms with Crippen molar-refractivity contribution in [1.29, 1.82) is 0 Å². The number of carbonyl (C=O) groups is 2. The van der Waals surface area contributed by atoms with Crippen molar-refractivity contribution in [3.63, 3.8) is 0 Å². The molecule has 9 heteroatoms. The van der Waals surface area contributed by atoms with Gasteiger partial charge in [-0.15, -0.1) is 0 Å². The van der Waals surface area contributed by atoms with E-state index in [9.17, 15) is 18.0 Å². The number of anilines is 2. The van der Waals surface area contributed by atoms with Gasteiger partial charge in [-0.2, -0.15) is 0 Å². The van der Waals surface area contributed by atoms with Gasteiger partial charge in [0.05, 0.1) is 22.8 Å². The third kappa shape index (κ3) is 3.19. The average molecular weight is 366 g/mol. The molecule has 3 amide bonds. The molecular formula is C15H12ClN3O4S. The van der Waals surface area contributed by atoms with E-state index in [0.29, 0.717) is 5.02 Å². The molecule has 0 unspecified atom stereocenters. The van der Waals surface area contributed by atoms with Crippen molar-refractivity contribution in [2.75, 3.05) is 16.2 Å². The van der Waals surface area contributed by atoms with E-state index in [1.807, 2.05) is 0 Å². The van der Waals surface area contributed by atoms with Crippen molar-refractivity contribution in [3.8, 4) is 0 Å². The van der Waals surface area contributed by atoms with Gasteiger partial charge in [0.25, 0.3) is 15.9 Å². The van der Waals surface area contributed by atoms with Crippen LogP contribution in [0.5, 0.6) is 0 Å². The second-order valence-corrected chi connectivity index (χ2v) is 7.12. The van der Waals surface area contributed by atoms with Gasteiger partial charge in [-0.3, -0.25) is 9.52 Å². The zero-order valence-electron chi connectivity index (χ0n) is 12.2. The number of imide groups is 1. The van der Waals surface area contributed by atoms with Crippen molar-refractivity contribution in [1.82, 2.24) is 5.32 Å². The Morgan fingerprint density at radius 1 is 1.08 bits per heavy atom. The Balaban J connectivity index is 1.90. The van der Waals surface area contributed by atoms with Crippen molar-refractivity contribution >= 4 is 44.9 Å². The quantitative estimate of drug-likeness (QED) is 0.812. The van der Waals surface area contributed by atoms with Crippen LogP contribution >= 0.6 is 11.6 Å². The highest BCUT2D eigenvalue weighted by Crippen LogP contribution is 2.24. The number of sulfonamides is 1. The van der Waals surface area contributed by atoms with Crippen molar-refractivity contribution in [2.24, 2.45) is 0 Å². The molecule has 0 spiro atoms. The molecular weight excluding hydrogens is 354 g/mol. The number of rotatable bonds is 4. The summed E-state index contributed by atoms with van der Waals surface area (Å²) in [5.74, 6) is -0.408. The highest BCUT2D eigenvalue weighted by Gasteiger charge is 2.30. The van der Waals surface area contributed by atoms with Crippen molar-refractivity contribution in [3.05, 3.63) is 53.6 Å². The molecule has 0 bridgehead atoms. The molecule has 2 aromatic carbocycles. The molecule has 1 aliphatic heterocycles. The van der Waals surface area contributed by atoms with Gasteiger partial charge in [0, 0.05) is 5.02 Å². The Bertz CT molecular complexity index is 914.